The van der Waals surface area contributed by atoms with Gasteiger partial charge >= 0.3 is 0 Å². The van der Waals surface area contributed by atoms with Gasteiger partial charge in [0, 0.05) is 5.92 Å². The highest BCUT2D eigenvalue weighted by Gasteiger charge is 2.27. The highest BCUT2D eigenvalue weighted by atomic mass is 16.6. The van der Waals surface area contributed by atoms with Gasteiger partial charge in [-0.05, 0) is 31.1 Å². The molecule has 1 aliphatic carbocycles. The lowest BCUT2D eigenvalue weighted by molar-refractivity contribution is 0.203. The molecule has 0 spiro atoms. The van der Waals surface area contributed by atoms with Crippen LogP contribution in [0.5, 0.6) is 0 Å². The molecule has 2 heteroatoms. The summed E-state index contributed by atoms with van der Waals surface area (Å²) in [4.78, 5) is 4.90. The normalized spacial score (nSPS) is 32.5. The van der Waals surface area contributed by atoms with Gasteiger partial charge in [0.25, 0.3) is 0 Å². The first-order chi connectivity index (χ1) is 6.15. The van der Waals surface area contributed by atoms with Gasteiger partial charge in [-0.3, -0.25) is 0 Å². The minimum atomic E-state index is 0.649. The van der Waals surface area contributed by atoms with Crippen molar-refractivity contribution in [1.82, 2.24) is 0 Å². The second kappa shape index (κ2) is 4.64. The summed E-state index contributed by atoms with van der Waals surface area (Å²) in [6.07, 6.45) is 3.74. The molecule has 2 nitrogen and oxygen atoms in total. The minimum absolute atomic E-state index is 0.649. The Morgan fingerprint density at radius 1 is 1.38 bits per heavy atom. The largest absolute Gasteiger partial charge is 0.399 e. The Kier molecular flexibility index (Phi) is 3.76. The Morgan fingerprint density at radius 3 is 2.62 bits per heavy atom. The third kappa shape index (κ3) is 2.71. The SMILES string of the molecule is CO/N=C1/C[C@@H](C)CC[C@H]1C(C)C. The van der Waals surface area contributed by atoms with Gasteiger partial charge in [0.05, 0.1) is 5.71 Å². The van der Waals surface area contributed by atoms with E-state index in [1.165, 1.54) is 18.6 Å². The van der Waals surface area contributed by atoms with Gasteiger partial charge in [0.1, 0.15) is 7.11 Å². The lowest BCUT2D eigenvalue weighted by Crippen LogP contribution is -2.27. The van der Waals surface area contributed by atoms with Crippen LogP contribution < -0.4 is 0 Å². The Morgan fingerprint density at radius 2 is 2.08 bits per heavy atom. The fraction of sp³-hybridized carbons (Fsp3) is 0.909. The van der Waals surface area contributed by atoms with Crippen LogP contribution in [0.4, 0.5) is 0 Å². The van der Waals surface area contributed by atoms with Gasteiger partial charge in [-0.25, -0.2) is 0 Å². The second-order valence-electron chi connectivity index (χ2n) is 4.50. The predicted molar refractivity (Wildman–Crippen MR) is 55.8 cm³/mol. The summed E-state index contributed by atoms with van der Waals surface area (Å²) in [5.41, 5.74) is 1.27. The molecular weight excluding hydrogens is 162 g/mol. The third-order valence-electron chi connectivity index (χ3n) is 2.97. The summed E-state index contributed by atoms with van der Waals surface area (Å²) in [5.74, 6) is 2.13. The molecule has 0 aromatic carbocycles. The zero-order valence-electron chi connectivity index (χ0n) is 9.21. The fourth-order valence-corrected chi connectivity index (χ4v) is 2.18. The van der Waals surface area contributed by atoms with Crippen molar-refractivity contribution < 1.29 is 4.84 Å². The van der Waals surface area contributed by atoms with Crippen molar-refractivity contribution in [3.63, 3.8) is 0 Å². The summed E-state index contributed by atoms with van der Waals surface area (Å²) < 4.78 is 0. The van der Waals surface area contributed by atoms with Crippen molar-refractivity contribution in [2.45, 2.75) is 40.0 Å². The molecule has 1 fully saturated rings. The Balaban J connectivity index is 2.66. The van der Waals surface area contributed by atoms with Crippen molar-refractivity contribution >= 4 is 5.71 Å². The summed E-state index contributed by atoms with van der Waals surface area (Å²) in [7, 11) is 1.64. The van der Waals surface area contributed by atoms with E-state index >= 15 is 0 Å². The molecule has 0 unspecified atom stereocenters. The first-order valence-electron chi connectivity index (χ1n) is 5.25. The van der Waals surface area contributed by atoms with Crippen LogP contribution in [-0.2, 0) is 4.84 Å². The molecule has 0 aromatic rings. The summed E-state index contributed by atoms with van der Waals surface area (Å²) in [5, 5.41) is 4.15. The smallest absolute Gasteiger partial charge is 0.106 e. The summed E-state index contributed by atoms with van der Waals surface area (Å²) >= 11 is 0. The molecule has 76 valence electrons. The average molecular weight is 183 g/mol. The number of nitrogens with zero attached hydrogens (tertiary/aromatic N) is 1. The highest BCUT2D eigenvalue weighted by molar-refractivity contribution is 5.87. The van der Waals surface area contributed by atoms with Crippen LogP contribution in [0.1, 0.15) is 40.0 Å². The van der Waals surface area contributed by atoms with Crippen molar-refractivity contribution in [3.05, 3.63) is 0 Å². The number of oxime groups is 1. The molecule has 0 N–H and O–H groups in total. The molecule has 0 amide bonds. The van der Waals surface area contributed by atoms with Gasteiger partial charge in [-0.2, -0.15) is 0 Å². The van der Waals surface area contributed by atoms with Crippen LogP contribution in [0, 0.1) is 17.8 Å². The van der Waals surface area contributed by atoms with Crippen LogP contribution >= 0.6 is 0 Å². The molecule has 13 heavy (non-hydrogen) atoms. The molecule has 1 saturated carbocycles. The van der Waals surface area contributed by atoms with Crippen LogP contribution in [0.25, 0.3) is 0 Å². The van der Waals surface area contributed by atoms with Crippen molar-refractivity contribution in [2.24, 2.45) is 22.9 Å². The van der Waals surface area contributed by atoms with Gasteiger partial charge in [0.2, 0.25) is 0 Å². The molecule has 0 radical (unpaired) electrons. The summed E-state index contributed by atoms with van der Waals surface area (Å²) in [6, 6.07) is 0. The second-order valence-corrected chi connectivity index (χ2v) is 4.50. The molecule has 0 heterocycles. The molecule has 1 aliphatic rings. The van der Waals surface area contributed by atoms with E-state index in [4.69, 9.17) is 4.84 Å². The number of hydrogen-bond acceptors (Lipinski definition) is 2. The quantitative estimate of drug-likeness (QED) is 0.603. The monoisotopic (exact) mass is 183 g/mol. The summed E-state index contributed by atoms with van der Waals surface area (Å²) in [6.45, 7) is 6.83. The third-order valence-corrected chi connectivity index (χ3v) is 2.97. The van der Waals surface area contributed by atoms with Crippen LogP contribution in [0.15, 0.2) is 5.16 Å². The van der Waals surface area contributed by atoms with Crippen LogP contribution in [0.3, 0.4) is 0 Å². The first kappa shape index (κ1) is 10.6. The molecule has 0 aliphatic heterocycles. The molecular formula is C11H21NO. The van der Waals surface area contributed by atoms with Crippen molar-refractivity contribution in [3.8, 4) is 0 Å². The Labute approximate surface area is 81.3 Å². The van der Waals surface area contributed by atoms with Gasteiger partial charge < -0.3 is 4.84 Å². The molecule has 0 bridgehead atoms. The van der Waals surface area contributed by atoms with Crippen molar-refractivity contribution in [2.75, 3.05) is 7.11 Å². The zero-order chi connectivity index (χ0) is 9.84. The zero-order valence-corrected chi connectivity index (χ0v) is 9.21. The Hall–Kier alpha value is -0.530. The van der Waals surface area contributed by atoms with Crippen LogP contribution in [-0.4, -0.2) is 12.8 Å². The maximum absolute atomic E-state index is 4.90. The lowest BCUT2D eigenvalue weighted by atomic mass is 9.76. The van der Waals surface area contributed by atoms with E-state index < -0.39 is 0 Å². The van der Waals surface area contributed by atoms with E-state index in [-0.39, 0.29) is 0 Å². The first-order valence-corrected chi connectivity index (χ1v) is 5.25. The highest BCUT2D eigenvalue weighted by Crippen LogP contribution is 2.31. The van der Waals surface area contributed by atoms with Crippen molar-refractivity contribution in [1.29, 1.82) is 0 Å². The van der Waals surface area contributed by atoms with E-state index in [0.717, 1.165) is 12.3 Å². The maximum Gasteiger partial charge on any atom is 0.106 e. The average Bonchev–Trinajstić information content (AvgIpc) is 2.04. The maximum atomic E-state index is 4.90. The van der Waals surface area contributed by atoms with Gasteiger partial charge in [-0.1, -0.05) is 25.9 Å². The van der Waals surface area contributed by atoms with Crippen LogP contribution in [0.2, 0.25) is 0 Å². The lowest BCUT2D eigenvalue weighted by Gasteiger charge is -2.30. The predicted octanol–water partition coefficient (Wildman–Crippen LogP) is 3.08. The van der Waals surface area contributed by atoms with E-state index in [0.29, 0.717) is 11.8 Å². The van der Waals surface area contributed by atoms with E-state index in [1.807, 2.05) is 0 Å². The Bertz CT molecular complexity index is 187. The fourth-order valence-electron chi connectivity index (χ4n) is 2.18. The van der Waals surface area contributed by atoms with Gasteiger partial charge in [-0.15, -0.1) is 0 Å². The molecule has 0 saturated heterocycles. The molecule has 1 rings (SSSR count). The molecule has 0 aromatic heterocycles. The van der Waals surface area contributed by atoms with E-state index in [9.17, 15) is 0 Å². The van der Waals surface area contributed by atoms with E-state index in [2.05, 4.69) is 25.9 Å². The standard InChI is InChI=1S/C11H21NO/c1-8(2)10-6-5-9(3)7-11(10)12-13-4/h8-10H,5-7H2,1-4H3/b12-11-/t9-,10-/m0/s1. The minimum Gasteiger partial charge on any atom is -0.399 e. The van der Waals surface area contributed by atoms with Gasteiger partial charge in [0.15, 0.2) is 0 Å². The van der Waals surface area contributed by atoms with E-state index in [1.54, 1.807) is 7.11 Å². The number of hydrogen-bond donors (Lipinski definition) is 0. The topological polar surface area (TPSA) is 21.6 Å². The molecule has 2 atom stereocenters. The number of rotatable bonds is 2.